The Labute approximate surface area is 106 Å². The van der Waals surface area contributed by atoms with Gasteiger partial charge in [-0.15, -0.1) is 0 Å². The van der Waals surface area contributed by atoms with Crippen LogP contribution in [0.2, 0.25) is 0 Å². The number of halogens is 1. The molecule has 1 unspecified atom stereocenters. The molecule has 1 amide bonds. The third-order valence-electron chi connectivity index (χ3n) is 3.60. The highest BCUT2D eigenvalue weighted by Gasteiger charge is 2.37. The number of rotatable bonds is 3. The third kappa shape index (κ3) is 2.67. The van der Waals surface area contributed by atoms with Gasteiger partial charge in [0, 0.05) is 6.54 Å². The van der Waals surface area contributed by atoms with E-state index in [4.69, 9.17) is 0 Å². The Morgan fingerprint density at radius 2 is 2.44 bits per heavy atom. The fourth-order valence-electron chi connectivity index (χ4n) is 2.32. The number of nitrogens with one attached hydrogen (secondary N) is 2. The second kappa shape index (κ2) is 5.44. The number of hydrogen-bond donors (Lipinski definition) is 2. The minimum Gasteiger partial charge on any atom is -0.316 e. The molecule has 1 aromatic heterocycles. The summed E-state index contributed by atoms with van der Waals surface area (Å²) in [4.78, 5) is 16.2. The van der Waals surface area contributed by atoms with E-state index in [1.54, 1.807) is 0 Å². The summed E-state index contributed by atoms with van der Waals surface area (Å²) in [6, 6.07) is 2.77. The maximum Gasteiger partial charge on any atom is 0.233 e. The molecule has 18 heavy (non-hydrogen) atoms. The van der Waals surface area contributed by atoms with Crippen molar-refractivity contribution in [3.8, 4) is 0 Å². The van der Waals surface area contributed by atoms with Gasteiger partial charge < -0.3 is 10.6 Å². The summed E-state index contributed by atoms with van der Waals surface area (Å²) in [6.07, 6.45) is 3.77. The Morgan fingerprint density at radius 1 is 1.61 bits per heavy atom. The average molecular weight is 251 g/mol. The first-order chi connectivity index (χ1) is 8.66. The quantitative estimate of drug-likeness (QED) is 0.863. The summed E-state index contributed by atoms with van der Waals surface area (Å²) in [5, 5.41) is 6.04. The van der Waals surface area contributed by atoms with Crippen molar-refractivity contribution in [2.75, 3.05) is 18.4 Å². The average Bonchev–Trinajstić information content (AvgIpc) is 2.42. The SMILES string of the molecule is CCC1(C(=O)Nc2ccc(F)cn2)CCCNC1. The standard InChI is InChI=1S/C13H18FN3O/c1-2-13(6-3-7-15-9-13)12(18)17-11-5-4-10(14)8-16-11/h4-5,8,15H,2-3,6-7,9H2,1H3,(H,16,17,18). The van der Waals surface area contributed by atoms with Gasteiger partial charge in [0.2, 0.25) is 5.91 Å². The summed E-state index contributed by atoms with van der Waals surface area (Å²) >= 11 is 0. The Hall–Kier alpha value is -1.49. The molecule has 1 aromatic rings. The van der Waals surface area contributed by atoms with Crippen molar-refractivity contribution in [2.45, 2.75) is 26.2 Å². The summed E-state index contributed by atoms with van der Waals surface area (Å²) in [5.41, 5.74) is -0.367. The number of anilines is 1. The zero-order valence-electron chi connectivity index (χ0n) is 10.5. The predicted molar refractivity (Wildman–Crippen MR) is 67.7 cm³/mol. The lowest BCUT2D eigenvalue weighted by molar-refractivity contribution is -0.126. The van der Waals surface area contributed by atoms with Crippen molar-refractivity contribution >= 4 is 11.7 Å². The third-order valence-corrected chi connectivity index (χ3v) is 3.60. The molecule has 0 saturated carbocycles. The van der Waals surface area contributed by atoms with Crippen molar-refractivity contribution in [2.24, 2.45) is 5.41 Å². The zero-order valence-corrected chi connectivity index (χ0v) is 10.5. The van der Waals surface area contributed by atoms with E-state index in [1.165, 1.54) is 12.1 Å². The number of pyridine rings is 1. The molecule has 0 aromatic carbocycles. The number of aromatic nitrogens is 1. The highest BCUT2D eigenvalue weighted by molar-refractivity contribution is 5.94. The van der Waals surface area contributed by atoms with Crippen LogP contribution in [0.25, 0.3) is 0 Å². The molecule has 2 heterocycles. The van der Waals surface area contributed by atoms with Crippen LogP contribution in [0, 0.1) is 11.2 Å². The normalized spacial score (nSPS) is 23.7. The van der Waals surface area contributed by atoms with Crippen LogP contribution in [-0.4, -0.2) is 24.0 Å². The van der Waals surface area contributed by atoms with Crippen LogP contribution < -0.4 is 10.6 Å². The van der Waals surface area contributed by atoms with Crippen molar-refractivity contribution in [1.29, 1.82) is 0 Å². The molecular weight excluding hydrogens is 233 g/mol. The second-order valence-corrected chi connectivity index (χ2v) is 4.73. The van der Waals surface area contributed by atoms with Gasteiger partial charge in [-0.1, -0.05) is 6.92 Å². The van der Waals surface area contributed by atoms with Crippen LogP contribution in [0.1, 0.15) is 26.2 Å². The number of piperidine rings is 1. The van der Waals surface area contributed by atoms with Crippen molar-refractivity contribution < 1.29 is 9.18 Å². The van der Waals surface area contributed by atoms with E-state index in [0.29, 0.717) is 12.4 Å². The van der Waals surface area contributed by atoms with Gasteiger partial charge in [-0.25, -0.2) is 9.37 Å². The minimum atomic E-state index is -0.405. The fraction of sp³-hybridized carbons (Fsp3) is 0.538. The molecule has 0 bridgehead atoms. The monoisotopic (exact) mass is 251 g/mol. The summed E-state index contributed by atoms with van der Waals surface area (Å²) in [6.45, 7) is 3.67. The van der Waals surface area contributed by atoms with Gasteiger partial charge in [0.25, 0.3) is 0 Å². The number of amides is 1. The van der Waals surface area contributed by atoms with Gasteiger partial charge >= 0.3 is 0 Å². The molecule has 1 atom stereocenters. The second-order valence-electron chi connectivity index (χ2n) is 4.73. The molecule has 0 aliphatic carbocycles. The Kier molecular flexibility index (Phi) is 3.91. The molecule has 0 spiro atoms. The van der Waals surface area contributed by atoms with E-state index in [1.807, 2.05) is 6.92 Å². The lowest BCUT2D eigenvalue weighted by atomic mass is 9.77. The van der Waals surface area contributed by atoms with Crippen LogP contribution >= 0.6 is 0 Å². The van der Waals surface area contributed by atoms with Gasteiger partial charge in [-0.3, -0.25) is 4.79 Å². The topological polar surface area (TPSA) is 54.0 Å². The van der Waals surface area contributed by atoms with Crippen LogP contribution in [0.15, 0.2) is 18.3 Å². The molecule has 4 nitrogen and oxygen atoms in total. The lowest BCUT2D eigenvalue weighted by Crippen LogP contribution is -2.47. The molecule has 1 aliphatic rings. The zero-order chi connectivity index (χ0) is 13.0. The van der Waals surface area contributed by atoms with Crippen molar-refractivity contribution in [3.05, 3.63) is 24.1 Å². The van der Waals surface area contributed by atoms with Gasteiger partial charge in [-0.2, -0.15) is 0 Å². The molecule has 1 fully saturated rings. The maximum absolute atomic E-state index is 12.7. The number of carbonyl (C=O) groups excluding carboxylic acids is 1. The first-order valence-corrected chi connectivity index (χ1v) is 6.30. The molecule has 0 radical (unpaired) electrons. The van der Waals surface area contributed by atoms with Crippen LogP contribution in [0.3, 0.4) is 0 Å². The molecule has 2 N–H and O–H groups in total. The number of nitrogens with zero attached hydrogens (tertiary/aromatic N) is 1. The minimum absolute atomic E-state index is 0.0312. The summed E-state index contributed by atoms with van der Waals surface area (Å²) in [7, 11) is 0. The van der Waals surface area contributed by atoms with E-state index in [0.717, 1.165) is 32.0 Å². The van der Waals surface area contributed by atoms with Crippen molar-refractivity contribution in [1.82, 2.24) is 10.3 Å². The van der Waals surface area contributed by atoms with E-state index in [-0.39, 0.29) is 11.3 Å². The first kappa shape index (κ1) is 13.0. The Balaban J connectivity index is 2.07. The molecule has 1 saturated heterocycles. The summed E-state index contributed by atoms with van der Waals surface area (Å²) < 4.78 is 12.7. The van der Waals surface area contributed by atoms with Crippen LogP contribution in [-0.2, 0) is 4.79 Å². The molecule has 5 heteroatoms. The number of carbonyl (C=O) groups is 1. The van der Waals surface area contributed by atoms with Crippen molar-refractivity contribution in [3.63, 3.8) is 0 Å². The van der Waals surface area contributed by atoms with Gasteiger partial charge in [0.1, 0.15) is 11.6 Å². The van der Waals surface area contributed by atoms with Gasteiger partial charge in [-0.05, 0) is 37.9 Å². The van der Waals surface area contributed by atoms with Gasteiger partial charge in [0.15, 0.2) is 0 Å². The van der Waals surface area contributed by atoms with Gasteiger partial charge in [0.05, 0.1) is 11.6 Å². The van der Waals surface area contributed by atoms with E-state index in [9.17, 15) is 9.18 Å². The smallest absolute Gasteiger partial charge is 0.233 e. The molecular formula is C13H18FN3O. The molecule has 1 aliphatic heterocycles. The Bertz CT molecular complexity index is 413. The van der Waals surface area contributed by atoms with Crippen LogP contribution in [0.5, 0.6) is 0 Å². The first-order valence-electron chi connectivity index (χ1n) is 6.30. The Morgan fingerprint density at radius 3 is 3.00 bits per heavy atom. The largest absolute Gasteiger partial charge is 0.316 e. The molecule has 2 rings (SSSR count). The summed E-state index contributed by atoms with van der Waals surface area (Å²) in [5.74, 6) is -0.0337. The van der Waals surface area contributed by atoms with E-state index in [2.05, 4.69) is 15.6 Å². The molecule has 98 valence electrons. The lowest BCUT2D eigenvalue weighted by Gasteiger charge is -2.35. The maximum atomic E-state index is 12.7. The fourth-order valence-corrected chi connectivity index (χ4v) is 2.32. The van der Waals surface area contributed by atoms with E-state index < -0.39 is 5.82 Å². The highest BCUT2D eigenvalue weighted by atomic mass is 19.1. The predicted octanol–water partition coefficient (Wildman–Crippen LogP) is 1.94. The highest BCUT2D eigenvalue weighted by Crippen LogP contribution is 2.31. The number of hydrogen-bond acceptors (Lipinski definition) is 3. The van der Waals surface area contributed by atoms with Crippen LogP contribution in [0.4, 0.5) is 10.2 Å². The van der Waals surface area contributed by atoms with E-state index >= 15 is 0 Å².